The van der Waals surface area contributed by atoms with Crippen LogP contribution in [0.2, 0.25) is 0 Å². The van der Waals surface area contributed by atoms with Gasteiger partial charge in [-0.05, 0) is 57.1 Å². The van der Waals surface area contributed by atoms with E-state index in [1.807, 2.05) is 6.92 Å². The first-order valence-electron chi connectivity index (χ1n) is 9.98. The van der Waals surface area contributed by atoms with E-state index in [0.29, 0.717) is 35.3 Å². The van der Waals surface area contributed by atoms with E-state index in [0.717, 1.165) is 37.9 Å². The highest BCUT2D eigenvalue weighted by molar-refractivity contribution is 5.95. The smallest absolute Gasteiger partial charge is 0.341 e. The van der Waals surface area contributed by atoms with Crippen LogP contribution in [0.25, 0.3) is 10.9 Å². The van der Waals surface area contributed by atoms with Gasteiger partial charge in [-0.25, -0.2) is 9.18 Å². The van der Waals surface area contributed by atoms with Gasteiger partial charge in [0, 0.05) is 35.6 Å². The zero-order valence-electron chi connectivity index (χ0n) is 15.9. The summed E-state index contributed by atoms with van der Waals surface area (Å²) in [5.74, 6) is -1.26. The van der Waals surface area contributed by atoms with Crippen molar-refractivity contribution in [3.05, 3.63) is 39.4 Å². The molecule has 0 amide bonds. The number of hydrogen-bond donors (Lipinski definition) is 2. The van der Waals surface area contributed by atoms with Crippen molar-refractivity contribution in [2.45, 2.75) is 50.6 Å². The topological polar surface area (TPSA) is 88.6 Å². The van der Waals surface area contributed by atoms with Crippen LogP contribution in [0.5, 0.6) is 0 Å². The molecule has 0 radical (unpaired) electrons. The number of nitrogens with two attached hydrogens (primary N) is 1. The minimum absolute atomic E-state index is 0.0910. The van der Waals surface area contributed by atoms with E-state index in [-0.39, 0.29) is 23.0 Å². The molecule has 28 heavy (non-hydrogen) atoms. The molecule has 1 saturated carbocycles. The highest BCUT2D eigenvalue weighted by Gasteiger charge is 2.48. The van der Waals surface area contributed by atoms with E-state index in [2.05, 4.69) is 4.90 Å². The highest BCUT2D eigenvalue weighted by Crippen LogP contribution is 2.46. The van der Waals surface area contributed by atoms with Gasteiger partial charge in [0.2, 0.25) is 0 Å². The molecule has 1 aromatic carbocycles. The fourth-order valence-electron chi connectivity index (χ4n) is 5.17. The Hall–Kier alpha value is -2.41. The number of hydrogen-bond acceptors (Lipinski definition) is 4. The third-order valence-electron chi connectivity index (χ3n) is 6.97. The average Bonchev–Trinajstić information content (AvgIpc) is 3.20. The first kappa shape index (κ1) is 17.7. The van der Waals surface area contributed by atoms with Crippen LogP contribution < -0.4 is 16.2 Å². The Morgan fingerprint density at radius 1 is 1.32 bits per heavy atom. The SMILES string of the molecule is CC1CCc2c(N3CC[C@@H](C4(N)CC4)C3)c(F)cc3cc(C(=O)O)c(=O)n1c23. The van der Waals surface area contributed by atoms with Gasteiger partial charge in [-0.15, -0.1) is 0 Å². The van der Waals surface area contributed by atoms with Crippen LogP contribution in [0, 0.1) is 11.7 Å². The lowest BCUT2D eigenvalue weighted by atomic mass is 9.93. The minimum atomic E-state index is -1.28. The molecular weight excluding hydrogens is 361 g/mol. The van der Waals surface area contributed by atoms with Crippen LogP contribution >= 0.6 is 0 Å². The van der Waals surface area contributed by atoms with Gasteiger partial charge in [-0.1, -0.05) is 0 Å². The van der Waals surface area contributed by atoms with E-state index in [1.165, 1.54) is 12.1 Å². The summed E-state index contributed by atoms with van der Waals surface area (Å²) < 4.78 is 16.8. The molecule has 1 saturated heterocycles. The number of aryl methyl sites for hydroxylation is 1. The van der Waals surface area contributed by atoms with Crippen molar-refractivity contribution in [3.63, 3.8) is 0 Å². The fraction of sp³-hybridized carbons (Fsp3) is 0.524. The zero-order chi connectivity index (χ0) is 19.8. The van der Waals surface area contributed by atoms with Gasteiger partial charge in [0.1, 0.15) is 11.4 Å². The Kier molecular flexibility index (Phi) is 3.66. The van der Waals surface area contributed by atoms with Gasteiger partial charge in [0.25, 0.3) is 5.56 Å². The molecule has 2 fully saturated rings. The maximum Gasteiger partial charge on any atom is 0.341 e. The molecule has 0 bridgehead atoms. The molecule has 2 aromatic rings. The van der Waals surface area contributed by atoms with Crippen molar-refractivity contribution < 1.29 is 14.3 Å². The molecule has 1 aromatic heterocycles. The Morgan fingerprint density at radius 3 is 2.75 bits per heavy atom. The number of rotatable bonds is 3. The maximum absolute atomic E-state index is 15.2. The second kappa shape index (κ2) is 5.80. The number of benzene rings is 1. The number of halogens is 1. The van der Waals surface area contributed by atoms with Crippen molar-refractivity contribution >= 4 is 22.6 Å². The number of anilines is 1. The van der Waals surface area contributed by atoms with Crippen molar-refractivity contribution in [2.24, 2.45) is 11.7 Å². The normalized spacial score (nSPS) is 25.3. The zero-order valence-corrected chi connectivity index (χ0v) is 15.9. The molecule has 148 valence electrons. The highest BCUT2D eigenvalue weighted by atomic mass is 19.1. The second-order valence-corrected chi connectivity index (χ2v) is 8.71. The summed E-state index contributed by atoms with van der Waals surface area (Å²) >= 11 is 0. The number of aromatic nitrogens is 1. The van der Waals surface area contributed by atoms with Gasteiger partial charge in [-0.2, -0.15) is 0 Å². The third-order valence-corrected chi connectivity index (χ3v) is 6.97. The van der Waals surface area contributed by atoms with Gasteiger partial charge >= 0.3 is 5.97 Å². The molecule has 1 aliphatic carbocycles. The summed E-state index contributed by atoms with van der Waals surface area (Å²) in [5.41, 5.74) is 7.56. The number of carboxylic acids is 1. The lowest BCUT2D eigenvalue weighted by Crippen LogP contribution is -2.35. The summed E-state index contributed by atoms with van der Waals surface area (Å²) in [4.78, 5) is 26.4. The second-order valence-electron chi connectivity index (χ2n) is 8.71. The maximum atomic E-state index is 15.2. The van der Waals surface area contributed by atoms with Crippen LogP contribution in [0.1, 0.15) is 54.6 Å². The summed E-state index contributed by atoms with van der Waals surface area (Å²) in [6.45, 7) is 3.40. The number of nitrogens with zero attached hydrogens (tertiary/aromatic N) is 2. The van der Waals surface area contributed by atoms with E-state index < -0.39 is 11.5 Å². The standard InChI is InChI=1S/C21H24FN3O3/c1-11-2-3-14-17-12(8-15(20(27)28)19(26)25(11)17)9-16(22)18(14)24-7-4-13(10-24)21(23)5-6-21/h8-9,11,13H,2-7,10,23H2,1H3,(H,27,28)/t11?,13-/m1/s1. The quantitative estimate of drug-likeness (QED) is 0.848. The third kappa shape index (κ3) is 2.42. The monoisotopic (exact) mass is 385 g/mol. The van der Waals surface area contributed by atoms with Gasteiger partial charge in [0.05, 0.1) is 11.2 Å². The summed E-state index contributed by atoms with van der Waals surface area (Å²) in [5, 5.41) is 9.88. The van der Waals surface area contributed by atoms with E-state index in [1.54, 1.807) is 4.57 Å². The predicted molar refractivity (Wildman–Crippen MR) is 105 cm³/mol. The Bertz CT molecular complexity index is 1070. The Balaban J connectivity index is 1.70. The van der Waals surface area contributed by atoms with Crippen LogP contribution in [0.3, 0.4) is 0 Å². The van der Waals surface area contributed by atoms with Crippen molar-refractivity contribution in [1.82, 2.24) is 4.57 Å². The number of aromatic carboxylic acids is 1. The molecule has 2 atom stereocenters. The first-order chi connectivity index (χ1) is 13.3. The lowest BCUT2D eigenvalue weighted by molar-refractivity contribution is 0.0694. The summed E-state index contributed by atoms with van der Waals surface area (Å²) in [7, 11) is 0. The van der Waals surface area contributed by atoms with Crippen LogP contribution in [-0.4, -0.2) is 34.3 Å². The molecule has 0 spiro atoms. The molecule has 1 unspecified atom stereocenters. The van der Waals surface area contributed by atoms with Crippen LogP contribution in [0.15, 0.2) is 16.9 Å². The van der Waals surface area contributed by atoms with E-state index in [9.17, 15) is 14.7 Å². The molecule has 6 nitrogen and oxygen atoms in total. The van der Waals surface area contributed by atoms with E-state index in [4.69, 9.17) is 5.73 Å². The van der Waals surface area contributed by atoms with Crippen LogP contribution in [-0.2, 0) is 6.42 Å². The molecule has 3 heterocycles. The number of carboxylic acid groups (broad SMARTS) is 1. The van der Waals surface area contributed by atoms with Crippen molar-refractivity contribution in [1.29, 1.82) is 0 Å². The number of pyridine rings is 1. The van der Waals surface area contributed by atoms with Crippen molar-refractivity contribution in [2.75, 3.05) is 18.0 Å². The largest absolute Gasteiger partial charge is 0.477 e. The Morgan fingerprint density at radius 2 is 2.07 bits per heavy atom. The van der Waals surface area contributed by atoms with E-state index >= 15 is 4.39 Å². The molecule has 2 aliphatic heterocycles. The van der Waals surface area contributed by atoms with Gasteiger partial charge in [-0.3, -0.25) is 4.79 Å². The summed E-state index contributed by atoms with van der Waals surface area (Å²) in [6.07, 6.45) is 4.38. The first-order valence-corrected chi connectivity index (χ1v) is 9.98. The predicted octanol–water partition coefficient (Wildman–Crippen LogP) is 2.66. The van der Waals surface area contributed by atoms with Crippen LogP contribution in [0.4, 0.5) is 10.1 Å². The lowest BCUT2D eigenvalue weighted by Gasteiger charge is -2.31. The van der Waals surface area contributed by atoms with Gasteiger partial charge < -0.3 is 20.3 Å². The molecular formula is C21H24FN3O3. The molecule has 7 heteroatoms. The molecule has 3 aliphatic rings. The molecule has 3 N–H and O–H groups in total. The summed E-state index contributed by atoms with van der Waals surface area (Å²) in [6, 6.07) is 2.58. The number of carbonyl (C=O) groups is 1. The fourth-order valence-corrected chi connectivity index (χ4v) is 5.17. The Labute approximate surface area is 161 Å². The van der Waals surface area contributed by atoms with Crippen molar-refractivity contribution in [3.8, 4) is 0 Å². The average molecular weight is 385 g/mol. The molecule has 5 rings (SSSR count). The van der Waals surface area contributed by atoms with Gasteiger partial charge in [0.15, 0.2) is 0 Å². The minimum Gasteiger partial charge on any atom is -0.477 e.